The summed E-state index contributed by atoms with van der Waals surface area (Å²) in [5.74, 6) is 0.595. The maximum absolute atomic E-state index is 13.1. The Bertz CT molecular complexity index is 502. The third-order valence-electron chi connectivity index (χ3n) is 4.95. The molecule has 0 bridgehead atoms. The van der Waals surface area contributed by atoms with Crippen molar-refractivity contribution in [3.8, 4) is 0 Å². The van der Waals surface area contributed by atoms with Gasteiger partial charge in [-0.1, -0.05) is 19.3 Å². The molecule has 2 N–H and O–H groups in total. The number of morpholine rings is 1. The van der Waals surface area contributed by atoms with Gasteiger partial charge < -0.3 is 20.3 Å². The molecule has 1 aliphatic carbocycles. The highest BCUT2D eigenvalue weighted by Gasteiger charge is 2.44. The van der Waals surface area contributed by atoms with Gasteiger partial charge in [0.15, 0.2) is 0 Å². The molecular formula is C16H25N3O4S. The Morgan fingerprint density at radius 2 is 1.92 bits per heavy atom. The first-order valence-corrected chi connectivity index (χ1v) is 9.82. The van der Waals surface area contributed by atoms with Gasteiger partial charge in [0.1, 0.15) is 11.6 Å². The zero-order chi connectivity index (χ0) is 17.0. The Morgan fingerprint density at radius 3 is 2.58 bits per heavy atom. The van der Waals surface area contributed by atoms with Crippen molar-refractivity contribution in [2.75, 3.05) is 37.8 Å². The molecule has 0 radical (unpaired) electrons. The average Bonchev–Trinajstić information content (AvgIpc) is 2.62. The standard InChI is InChI=1S/C16H25N3O4S/c20-13-11-24-10-12(17-13)14(21)18-16(4-2-1-3-5-16)15(22)19-6-8-23-9-7-19/h12H,1-11H2,(H,17,20)(H,18,21)/t12-/m0/s1. The Labute approximate surface area is 146 Å². The minimum Gasteiger partial charge on any atom is -0.378 e. The maximum Gasteiger partial charge on any atom is 0.248 e. The van der Waals surface area contributed by atoms with Crippen LogP contribution in [0, 0.1) is 0 Å². The van der Waals surface area contributed by atoms with Gasteiger partial charge in [0.25, 0.3) is 0 Å². The van der Waals surface area contributed by atoms with E-state index in [4.69, 9.17) is 4.74 Å². The molecule has 134 valence electrons. The highest BCUT2D eigenvalue weighted by Crippen LogP contribution is 2.31. The fraction of sp³-hybridized carbons (Fsp3) is 0.812. The molecule has 1 atom stereocenters. The first kappa shape index (κ1) is 17.5. The number of carbonyl (C=O) groups is 3. The largest absolute Gasteiger partial charge is 0.378 e. The minimum atomic E-state index is -0.820. The molecule has 8 heteroatoms. The third-order valence-corrected chi connectivity index (χ3v) is 5.98. The smallest absolute Gasteiger partial charge is 0.248 e. The highest BCUT2D eigenvalue weighted by atomic mass is 32.2. The predicted molar refractivity (Wildman–Crippen MR) is 90.6 cm³/mol. The van der Waals surface area contributed by atoms with Crippen LogP contribution in [0.2, 0.25) is 0 Å². The number of rotatable bonds is 3. The molecule has 3 amide bonds. The van der Waals surface area contributed by atoms with Crippen LogP contribution in [0.25, 0.3) is 0 Å². The van der Waals surface area contributed by atoms with Gasteiger partial charge in [0.05, 0.1) is 19.0 Å². The van der Waals surface area contributed by atoms with Crippen LogP contribution >= 0.6 is 11.8 Å². The summed E-state index contributed by atoms with van der Waals surface area (Å²) >= 11 is 1.45. The van der Waals surface area contributed by atoms with Crippen molar-refractivity contribution >= 4 is 29.5 Å². The van der Waals surface area contributed by atoms with Crippen LogP contribution in [-0.2, 0) is 19.1 Å². The first-order valence-electron chi connectivity index (χ1n) is 8.67. The lowest BCUT2D eigenvalue weighted by Gasteiger charge is -2.42. The zero-order valence-electron chi connectivity index (χ0n) is 13.8. The quantitative estimate of drug-likeness (QED) is 0.738. The van der Waals surface area contributed by atoms with E-state index in [0.717, 1.165) is 19.3 Å². The van der Waals surface area contributed by atoms with Crippen molar-refractivity contribution in [2.24, 2.45) is 0 Å². The van der Waals surface area contributed by atoms with Gasteiger partial charge in [0, 0.05) is 18.8 Å². The molecule has 0 aromatic rings. The monoisotopic (exact) mass is 355 g/mol. The number of nitrogens with one attached hydrogen (secondary N) is 2. The summed E-state index contributed by atoms with van der Waals surface area (Å²) in [5, 5.41) is 5.75. The molecule has 0 aromatic carbocycles. The van der Waals surface area contributed by atoms with E-state index in [2.05, 4.69) is 10.6 Å². The van der Waals surface area contributed by atoms with Crippen LogP contribution in [0.5, 0.6) is 0 Å². The molecule has 2 saturated heterocycles. The second-order valence-corrected chi connectivity index (χ2v) is 7.70. The molecule has 0 aromatic heterocycles. The van der Waals surface area contributed by atoms with Crippen LogP contribution < -0.4 is 10.6 Å². The Balaban J connectivity index is 1.71. The molecule has 2 aliphatic heterocycles. The van der Waals surface area contributed by atoms with Crippen LogP contribution in [-0.4, -0.2) is 72.0 Å². The minimum absolute atomic E-state index is 0.00800. The number of amides is 3. The van der Waals surface area contributed by atoms with Crippen molar-refractivity contribution in [2.45, 2.75) is 43.7 Å². The second-order valence-electron chi connectivity index (χ2n) is 6.67. The fourth-order valence-corrected chi connectivity index (χ4v) is 4.49. The lowest BCUT2D eigenvalue weighted by atomic mass is 9.80. The third kappa shape index (κ3) is 3.85. The predicted octanol–water partition coefficient (Wildman–Crippen LogP) is -0.104. The molecule has 24 heavy (non-hydrogen) atoms. The fourth-order valence-electron chi connectivity index (χ4n) is 3.63. The number of ether oxygens (including phenoxy) is 1. The van der Waals surface area contributed by atoms with Crippen LogP contribution in [0.4, 0.5) is 0 Å². The molecule has 3 rings (SSSR count). The van der Waals surface area contributed by atoms with E-state index in [1.165, 1.54) is 11.8 Å². The van der Waals surface area contributed by atoms with Crippen LogP contribution in [0.15, 0.2) is 0 Å². The van der Waals surface area contributed by atoms with E-state index in [0.29, 0.717) is 50.7 Å². The summed E-state index contributed by atoms with van der Waals surface area (Å²) in [6, 6.07) is -0.549. The first-order chi connectivity index (χ1) is 11.6. The van der Waals surface area contributed by atoms with E-state index >= 15 is 0 Å². The van der Waals surface area contributed by atoms with Gasteiger partial charge in [-0.2, -0.15) is 0 Å². The van der Waals surface area contributed by atoms with Crippen LogP contribution in [0.1, 0.15) is 32.1 Å². The molecular weight excluding hydrogens is 330 g/mol. The number of hydrogen-bond acceptors (Lipinski definition) is 5. The number of nitrogens with zero attached hydrogens (tertiary/aromatic N) is 1. The van der Waals surface area contributed by atoms with Crippen molar-refractivity contribution in [1.82, 2.24) is 15.5 Å². The van der Waals surface area contributed by atoms with Gasteiger partial charge in [-0.05, 0) is 12.8 Å². The van der Waals surface area contributed by atoms with Gasteiger partial charge in [-0.15, -0.1) is 11.8 Å². The summed E-state index contributed by atoms with van der Waals surface area (Å²) in [6.45, 7) is 2.25. The summed E-state index contributed by atoms with van der Waals surface area (Å²) in [4.78, 5) is 39.1. The van der Waals surface area contributed by atoms with Crippen molar-refractivity contribution < 1.29 is 19.1 Å². The maximum atomic E-state index is 13.1. The topological polar surface area (TPSA) is 87.7 Å². The summed E-state index contributed by atoms with van der Waals surface area (Å²) < 4.78 is 5.33. The number of carbonyl (C=O) groups excluding carboxylic acids is 3. The van der Waals surface area contributed by atoms with Gasteiger partial charge in [-0.25, -0.2) is 0 Å². The molecule has 2 heterocycles. The molecule has 3 fully saturated rings. The molecule has 3 aliphatic rings. The Hall–Kier alpha value is -1.28. The molecule has 1 saturated carbocycles. The number of thioether (sulfide) groups is 1. The summed E-state index contributed by atoms with van der Waals surface area (Å²) in [5.41, 5.74) is -0.820. The molecule has 0 unspecified atom stereocenters. The Morgan fingerprint density at radius 1 is 1.21 bits per heavy atom. The highest BCUT2D eigenvalue weighted by molar-refractivity contribution is 8.00. The lowest BCUT2D eigenvalue weighted by molar-refractivity contribution is -0.147. The van der Waals surface area contributed by atoms with Gasteiger partial charge in [0.2, 0.25) is 17.7 Å². The zero-order valence-corrected chi connectivity index (χ0v) is 14.7. The lowest BCUT2D eigenvalue weighted by Crippen LogP contribution is -2.65. The summed E-state index contributed by atoms with van der Waals surface area (Å²) in [7, 11) is 0. The van der Waals surface area contributed by atoms with E-state index < -0.39 is 11.6 Å². The summed E-state index contributed by atoms with van der Waals surface area (Å²) in [6.07, 6.45) is 4.29. The molecule has 7 nitrogen and oxygen atoms in total. The Kier molecular flexibility index (Phi) is 5.65. The van der Waals surface area contributed by atoms with Gasteiger partial charge in [-0.3, -0.25) is 14.4 Å². The van der Waals surface area contributed by atoms with E-state index in [1.807, 2.05) is 4.90 Å². The van der Waals surface area contributed by atoms with Crippen molar-refractivity contribution in [3.63, 3.8) is 0 Å². The second kappa shape index (κ2) is 7.74. The van der Waals surface area contributed by atoms with Crippen molar-refractivity contribution in [3.05, 3.63) is 0 Å². The number of hydrogen-bond donors (Lipinski definition) is 2. The van der Waals surface area contributed by atoms with E-state index in [-0.39, 0.29) is 17.7 Å². The normalized spacial score (nSPS) is 27.2. The average molecular weight is 355 g/mol. The van der Waals surface area contributed by atoms with E-state index in [9.17, 15) is 14.4 Å². The van der Waals surface area contributed by atoms with Gasteiger partial charge >= 0.3 is 0 Å². The SMILES string of the molecule is O=C1CSC[C@@H](C(=O)NC2(C(=O)N3CCOCC3)CCCCC2)N1. The van der Waals surface area contributed by atoms with E-state index in [1.54, 1.807) is 0 Å². The molecule has 0 spiro atoms. The van der Waals surface area contributed by atoms with Crippen LogP contribution in [0.3, 0.4) is 0 Å². The van der Waals surface area contributed by atoms with Crippen molar-refractivity contribution in [1.29, 1.82) is 0 Å².